The monoisotopic (exact) mass is 394 g/mol. The van der Waals surface area contributed by atoms with Crippen molar-refractivity contribution in [2.45, 2.75) is 19.5 Å². The molecule has 0 amide bonds. The van der Waals surface area contributed by atoms with E-state index in [1.165, 1.54) is 6.07 Å². The van der Waals surface area contributed by atoms with E-state index in [-0.39, 0.29) is 16.3 Å². The van der Waals surface area contributed by atoms with Gasteiger partial charge in [0.15, 0.2) is 0 Å². The number of halogens is 5. The topological polar surface area (TPSA) is 44.0 Å². The molecule has 1 heterocycles. The number of aryl methyl sites for hydroxylation is 1. The Morgan fingerprint density at radius 1 is 1.17 bits per heavy atom. The lowest BCUT2D eigenvalue weighted by Gasteiger charge is -2.15. The molecule has 1 aromatic heterocycles. The Hall–Kier alpha value is -1.90. The Bertz CT molecular complexity index is 884. The second kappa shape index (κ2) is 5.95. The fourth-order valence-corrected chi connectivity index (χ4v) is 2.74. The van der Waals surface area contributed by atoms with E-state index in [1.807, 2.05) is 0 Å². The van der Waals surface area contributed by atoms with Gasteiger partial charge in [-0.3, -0.25) is 9.36 Å². The van der Waals surface area contributed by atoms with Crippen LogP contribution in [0.25, 0.3) is 5.69 Å². The van der Waals surface area contributed by atoms with Gasteiger partial charge in [-0.25, -0.2) is 13.8 Å². The van der Waals surface area contributed by atoms with E-state index < -0.39 is 28.9 Å². The third-order valence-corrected chi connectivity index (χ3v) is 4.09. The highest BCUT2D eigenvalue weighted by atomic mass is 79.9. The van der Waals surface area contributed by atoms with E-state index in [4.69, 9.17) is 0 Å². The molecule has 0 unspecified atom stereocenters. The smallest absolute Gasteiger partial charge is 0.292 e. The summed E-state index contributed by atoms with van der Waals surface area (Å²) in [6, 6.07) is 2.60. The van der Waals surface area contributed by atoms with Crippen molar-refractivity contribution in [3.05, 3.63) is 60.6 Å². The molecule has 0 aliphatic rings. The van der Waals surface area contributed by atoms with Crippen LogP contribution in [-0.4, -0.2) is 9.13 Å². The molecule has 2 rings (SSSR count). The molecule has 0 saturated carbocycles. The molecule has 0 saturated heterocycles. The van der Waals surface area contributed by atoms with Gasteiger partial charge in [-0.05, 0) is 24.1 Å². The van der Waals surface area contributed by atoms with Crippen molar-refractivity contribution >= 4 is 15.9 Å². The van der Waals surface area contributed by atoms with Crippen LogP contribution in [-0.2, 0) is 19.6 Å². The summed E-state index contributed by atoms with van der Waals surface area (Å²) < 4.78 is 53.6. The molecule has 0 aliphatic heterocycles. The van der Waals surface area contributed by atoms with Gasteiger partial charge in [-0.2, -0.15) is 13.2 Å². The molecule has 0 atom stereocenters. The van der Waals surface area contributed by atoms with E-state index in [9.17, 15) is 27.2 Å². The highest BCUT2D eigenvalue weighted by Gasteiger charge is 2.35. The summed E-state index contributed by atoms with van der Waals surface area (Å²) in [6.07, 6.45) is -4.39. The maximum Gasteiger partial charge on any atom is 0.431 e. The summed E-state index contributed by atoms with van der Waals surface area (Å²) in [6.45, 7) is 1.77. The van der Waals surface area contributed by atoms with Crippen LogP contribution in [0.2, 0.25) is 0 Å². The van der Waals surface area contributed by atoms with E-state index in [2.05, 4.69) is 15.9 Å². The van der Waals surface area contributed by atoms with E-state index in [0.717, 1.165) is 13.1 Å². The zero-order valence-corrected chi connectivity index (χ0v) is 13.6. The van der Waals surface area contributed by atoms with Crippen molar-refractivity contribution in [3.63, 3.8) is 0 Å². The Kier molecular flexibility index (Phi) is 4.52. The number of aromatic nitrogens is 2. The van der Waals surface area contributed by atoms with Gasteiger partial charge < -0.3 is 0 Å². The van der Waals surface area contributed by atoms with Crippen LogP contribution in [0, 0.1) is 5.82 Å². The van der Waals surface area contributed by atoms with Crippen molar-refractivity contribution in [1.29, 1.82) is 0 Å². The molecule has 1 aromatic carbocycles. The minimum absolute atomic E-state index is 0.272. The molecular weight excluding hydrogens is 384 g/mol. The molecule has 0 aliphatic carbocycles. The summed E-state index contributed by atoms with van der Waals surface area (Å²) in [7, 11) is 0.874. The second-order valence-electron chi connectivity index (χ2n) is 4.79. The van der Waals surface area contributed by atoms with Gasteiger partial charge in [0, 0.05) is 17.6 Å². The van der Waals surface area contributed by atoms with Crippen LogP contribution in [0.3, 0.4) is 0 Å². The summed E-state index contributed by atoms with van der Waals surface area (Å²) in [5.41, 5.74) is -3.69. The first-order valence-corrected chi connectivity index (χ1v) is 7.25. The van der Waals surface area contributed by atoms with Gasteiger partial charge in [0.25, 0.3) is 5.56 Å². The maximum atomic E-state index is 14.1. The largest absolute Gasteiger partial charge is 0.431 e. The summed E-state index contributed by atoms with van der Waals surface area (Å²) >= 11 is 3.14. The van der Waals surface area contributed by atoms with Crippen LogP contribution >= 0.6 is 15.9 Å². The molecule has 0 fully saturated rings. The summed E-state index contributed by atoms with van der Waals surface area (Å²) in [4.78, 5) is 24.1. The fraction of sp³-hybridized carbons (Fsp3) is 0.286. The van der Waals surface area contributed by atoms with Gasteiger partial charge in [-0.15, -0.1) is 0 Å². The maximum absolute atomic E-state index is 14.1. The number of nitrogens with zero attached hydrogens (tertiary/aromatic N) is 2. The van der Waals surface area contributed by atoms with Crippen molar-refractivity contribution in [2.75, 3.05) is 0 Å². The molecule has 4 nitrogen and oxygen atoms in total. The Morgan fingerprint density at radius 2 is 1.78 bits per heavy atom. The van der Waals surface area contributed by atoms with Crippen LogP contribution in [0.5, 0.6) is 0 Å². The van der Waals surface area contributed by atoms with Crippen molar-refractivity contribution in [3.8, 4) is 5.69 Å². The molecule has 0 N–H and O–H groups in total. The molecule has 9 heteroatoms. The van der Waals surface area contributed by atoms with Crippen LogP contribution in [0.1, 0.15) is 18.2 Å². The predicted molar refractivity (Wildman–Crippen MR) is 79.3 cm³/mol. The highest BCUT2D eigenvalue weighted by molar-refractivity contribution is 9.10. The number of hydrogen-bond acceptors (Lipinski definition) is 2. The Labute approximate surface area is 136 Å². The first kappa shape index (κ1) is 17.5. The zero-order chi connectivity index (χ0) is 17.5. The third kappa shape index (κ3) is 3.10. The van der Waals surface area contributed by atoms with Crippen molar-refractivity contribution in [2.24, 2.45) is 7.05 Å². The number of hydrogen-bond donors (Lipinski definition) is 0. The van der Waals surface area contributed by atoms with Crippen molar-refractivity contribution < 1.29 is 17.6 Å². The molecule has 0 spiro atoms. The molecule has 2 aromatic rings. The number of rotatable bonds is 2. The average molecular weight is 395 g/mol. The third-order valence-electron chi connectivity index (χ3n) is 3.35. The second-order valence-corrected chi connectivity index (χ2v) is 5.65. The minimum Gasteiger partial charge on any atom is -0.292 e. The normalized spacial score (nSPS) is 11.8. The minimum atomic E-state index is -4.86. The van der Waals surface area contributed by atoms with Crippen LogP contribution in [0.15, 0.2) is 32.3 Å². The van der Waals surface area contributed by atoms with Crippen molar-refractivity contribution in [1.82, 2.24) is 9.13 Å². The lowest BCUT2D eigenvalue weighted by atomic mass is 10.1. The molecule has 0 bridgehead atoms. The molecular formula is C14H11BrF4N2O2. The first-order valence-electron chi connectivity index (χ1n) is 6.46. The summed E-state index contributed by atoms with van der Waals surface area (Å²) in [5, 5.41) is 0. The quantitative estimate of drug-likeness (QED) is 0.734. The Balaban J connectivity index is 2.84. The first-order chi connectivity index (χ1) is 10.6. The van der Waals surface area contributed by atoms with Gasteiger partial charge >= 0.3 is 11.9 Å². The van der Waals surface area contributed by atoms with Crippen LogP contribution < -0.4 is 11.2 Å². The highest BCUT2D eigenvalue weighted by Crippen LogP contribution is 2.27. The standard InChI is InChI=1S/C14H11BrF4N2O2/c1-3-7-4-10(9(16)5-8(7)15)21-12(22)6-11(14(17,18)19)20(2)13(21)23/h4-6H,3H2,1-2H3. The van der Waals surface area contributed by atoms with E-state index in [1.54, 1.807) is 6.92 Å². The lowest BCUT2D eigenvalue weighted by molar-refractivity contribution is -0.144. The SMILES string of the molecule is CCc1cc(-n2c(=O)cc(C(F)(F)F)n(C)c2=O)c(F)cc1Br. The zero-order valence-electron chi connectivity index (χ0n) is 12.0. The van der Waals surface area contributed by atoms with Gasteiger partial charge in [-0.1, -0.05) is 22.9 Å². The van der Waals surface area contributed by atoms with E-state index in [0.29, 0.717) is 21.0 Å². The average Bonchev–Trinajstić information content (AvgIpc) is 2.44. The molecule has 23 heavy (non-hydrogen) atoms. The fourth-order valence-electron chi connectivity index (χ4n) is 2.14. The number of benzene rings is 1. The van der Waals surface area contributed by atoms with Crippen LogP contribution in [0.4, 0.5) is 17.6 Å². The van der Waals surface area contributed by atoms with E-state index >= 15 is 0 Å². The van der Waals surface area contributed by atoms with Gasteiger partial charge in [0.2, 0.25) is 0 Å². The summed E-state index contributed by atoms with van der Waals surface area (Å²) in [5.74, 6) is -0.895. The lowest BCUT2D eigenvalue weighted by Crippen LogP contribution is -2.41. The van der Waals surface area contributed by atoms with Gasteiger partial charge in [0.1, 0.15) is 11.5 Å². The molecule has 0 radical (unpaired) electrons. The molecule has 124 valence electrons. The van der Waals surface area contributed by atoms with Gasteiger partial charge in [0.05, 0.1) is 5.69 Å². The predicted octanol–water partition coefficient (Wildman–Crippen LogP) is 3.02. The number of alkyl halides is 3. The Morgan fingerprint density at radius 3 is 2.30 bits per heavy atom.